The lowest BCUT2D eigenvalue weighted by Gasteiger charge is -1.94. The van der Waals surface area contributed by atoms with Crippen molar-refractivity contribution in [2.24, 2.45) is 0 Å². The van der Waals surface area contributed by atoms with Crippen LogP contribution in [-0.2, 0) is 0 Å². The van der Waals surface area contributed by atoms with Crippen molar-refractivity contribution in [1.29, 1.82) is 5.39 Å². The first-order valence-corrected chi connectivity index (χ1v) is 5.07. The molecule has 88 valence electrons. The van der Waals surface area contributed by atoms with Gasteiger partial charge in [-0.3, -0.25) is 0 Å². The topological polar surface area (TPSA) is 28.1 Å². The Hall–Kier alpha value is -0.515. The average Bonchev–Trinajstić information content (AvgIpc) is 1.99. The van der Waals surface area contributed by atoms with Crippen LogP contribution < -0.4 is 0 Å². The Morgan fingerprint density at radius 3 is 1.69 bits per heavy atom. The fourth-order valence-electron chi connectivity index (χ4n) is 0.630. The van der Waals surface area contributed by atoms with Gasteiger partial charge in [0.2, 0.25) is 5.39 Å². The molecule has 0 saturated carbocycles. The standard InChI is InChI=1S/C6H2BrCl2N2.BF4/c7-3-1-4(8)6(11-10)5(9)2-3;2-1(3,4)5/h1-2H;/q+1;-1. The molecule has 1 aromatic carbocycles. The summed E-state index contributed by atoms with van der Waals surface area (Å²) in [5, 5.41) is 9.05. The molecule has 16 heavy (non-hydrogen) atoms. The lowest BCUT2D eigenvalue weighted by Crippen LogP contribution is -2.02. The van der Waals surface area contributed by atoms with Crippen molar-refractivity contribution >= 4 is 52.1 Å². The number of rotatable bonds is 0. The maximum Gasteiger partial charge on any atom is 0.673 e. The van der Waals surface area contributed by atoms with Gasteiger partial charge in [0.05, 0.1) is 0 Å². The van der Waals surface area contributed by atoms with Gasteiger partial charge in [-0.05, 0) is 12.1 Å². The molecule has 0 heterocycles. The molecule has 0 unspecified atom stereocenters. The van der Waals surface area contributed by atoms with Crippen molar-refractivity contribution in [3.05, 3.63) is 31.6 Å². The zero-order valence-corrected chi connectivity index (χ0v) is 10.4. The predicted molar refractivity (Wildman–Crippen MR) is 59.1 cm³/mol. The van der Waals surface area contributed by atoms with Crippen LogP contribution in [0.3, 0.4) is 0 Å². The summed E-state index contributed by atoms with van der Waals surface area (Å²) in [5.74, 6) is 0. The molecule has 0 radical (unpaired) electrons. The first-order valence-electron chi connectivity index (χ1n) is 3.52. The lowest BCUT2D eigenvalue weighted by atomic mass is 10.3. The summed E-state index contributed by atoms with van der Waals surface area (Å²) in [6.07, 6.45) is 0. The summed E-state index contributed by atoms with van der Waals surface area (Å²) in [5.41, 5.74) is 0.191. The molecule has 0 aliphatic rings. The zero-order chi connectivity index (χ0) is 12.9. The summed E-state index contributed by atoms with van der Waals surface area (Å²) < 4.78 is 39.7. The molecule has 0 bridgehead atoms. The van der Waals surface area contributed by atoms with Crippen LogP contribution in [0.2, 0.25) is 10.0 Å². The molecular formula is C6H2BBrCl2F4N2. The van der Waals surface area contributed by atoms with E-state index in [4.69, 9.17) is 28.6 Å². The van der Waals surface area contributed by atoms with Crippen LogP contribution in [0.5, 0.6) is 0 Å². The molecule has 0 aliphatic carbocycles. The second-order valence-corrected chi connectivity index (χ2v) is 4.04. The number of diazo groups is 1. The number of halogens is 7. The SMILES string of the molecule is F[B-](F)(F)F.N#[N+]c1c(Cl)cc(Br)cc1Cl. The Balaban J connectivity index is 0.000000385. The first-order chi connectivity index (χ1) is 7.15. The summed E-state index contributed by atoms with van der Waals surface area (Å²) in [6, 6.07) is 3.20. The van der Waals surface area contributed by atoms with Gasteiger partial charge in [0, 0.05) is 4.47 Å². The largest absolute Gasteiger partial charge is 0.673 e. The fourth-order valence-corrected chi connectivity index (χ4v) is 1.91. The Morgan fingerprint density at radius 1 is 1.12 bits per heavy atom. The highest BCUT2D eigenvalue weighted by atomic mass is 79.9. The van der Waals surface area contributed by atoms with Gasteiger partial charge in [-0.25, -0.2) is 0 Å². The molecule has 0 fully saturated rings. The van der Waals surface area contributed by atoms with E-state index in [1.807, 2.05) is 0 Å². The molecule has 0 aliphatic heterocycles. The van der Waals surface area contributed by atoms with Crippen LogP contribution in [0.15, 0.2) is 16.6 Å². The van der Waals surface area contributed by atoms with Gasteiger partial charge < -0.3 is 17.3 Å². The van der Waals surface area contributed by atoms with Crippen molar-refractivity contribution in [3.63, 3.8) is 0 Å². The Morgan fingerprint density at radius 2 is 1.44 bits per heavy atom. The lowest BCUT2D eigenvalue weighted by molar-refractivity contribution is 0.368. The molecule has 0 spiro atoms. The molecule has 0 atom stereocenters. The van der Waals surface area contributed by atoms with E-state index in [-0.39, 0.29) is 5.69 Å². The molecule has 0 N–H and O–H groups in total. The molecule has 2 nitrogen and oxygen atoms in total. The maximum atomic E-state index is 9.75. The predicted octanol–water partition coefficient (Wildman–Crippen LogP) is 5.54. The van der Waals surface area contributed by atoms with E-state index in [1.54, 1.807) is 12.1 Å². The van der Waals surface area contributed by atoms with Crippen molar-refractivity contribution in [3.8, 4) is 0 Å². The summed E-state index contributed by atoms with van der Waals surface area (Å²) in [4.78, 5) is 2.93. The second-order valence-electron chi connectivity index (χ2n) is 2.31. The number of hydrogen-bond donors (Lipinski definition) is 0. The van der Waals surface area contributed by atoms with Gasteiger partial charge in [0.15, 0.2) is 4.98 Å². The van der Waals surface area contributed by atoms with Crippen LogP contribution in [0.4, 0.5) is 23.0 Å². The third-order valence-corrected chi connectivity index (χ3v) is 2.12. The van der Waals surface area contributed by atoms with E-state index in [0.717, 1.165) is 4.47 Å². The summed E-state index contributed by atoms with van der Waals surface area (Å²) in [6.45, 7) is 0. The van der Waals surface area contributed by atoms with Crippen LogP contribution >= 0.6 is 39.1 Å². The minimum atomic E-state index is -6.00. The smallest absolute Gasteiger partial charge is 0.418 e. The summed E-state index contributed by atoms with van der Waals surface area (Å²) >= 11 is 14.5. The van der Waals surface area contributed by atoms with Crippen LogP contribution in [0.1, 0.15) is 0 Å². The molecule has 0 amide bonds. The minimum absolute atomic E-state index is 0.191. The Labute approximate surface area is 106 Å². The van der Waals surface area contributed by atoms with E-state index in [1.165, 1.54) is 0 Å². The number of benzene rings is 1. The van der Waals surface area contributed by atoms with Gasteiger partial charge in [-0.15, -0.1) is 0 Å². The van der Waals surface area contributed by atoms with E-state index in [9.17, 15) is 17.3 Å². The molecule has 1 rings (SSSR count). The number of nitrogens with zero attached hydrogens (tertiary/aromatic N) is 2. The minimum Gasteiger partial charge on any atom is -0.418 e. The normalized spacial score (nSPS) is 10.1. The van der Waals surface area contributed by atoms with Gasteiger partial charge in [0.25, 0.3) is 0 Å². The van der Waals surface area contributed by atoms with Gasteiger partial charge in [-0.1, -0.05) is 39.1 Å². The van der Waals surface area contributed by atoms with Crippen LogP contribution in [0, 0.1) is 5.39 Å². The first kappa shape index (κ1) is 15.5. The quantitative estimate of drug-likeness (QED) is 0.346. The molecule has 10 heteroatoms. The highest BCUT2D eigenvalue weighted by Gasteiger charge is 2.20. The third-order valence-electron chi connectivity index (χ3n) is 1.08. The van der Waals surface area contributed by atoms with E-state index >= 15 is 0 Å². The van der Waals surface area contributed by atoms with E-state index in [2.05, 4.69) is 20.9 Å². The third kappa shape index (κ3) is 6.88. The van der Waals surface area contributed by atoms with Crippen molar-refractivity contribution in [2.45, 2.75) is 0 Å². The van der Waals surface area contributed by atoms with Gasteiger partial charge in [-0.2, -0.15) is 0 Å². The zero-order valence-electron chi connectivity index (χ0n) is 7.27. The van der Waals surface area contributed by atoms with Crippen LogP contribution in [0.25, 0.3) is 4.98 Å². The second kappa shape index (κ2) is 6.28. The highest BCUT2D eigenvalue weighted by Crippen LogP contribution is 2.35. The molecule has 0 saturated heterocycles. The summed E-state index contributed by atoms with van der Waals surface area (Å²) in [7, 11) is -6.00. The molecule has 0 aromatic heterocycles. The van der Waals surface area contributed by atoms with Crippen LogP contribution in [-0.4, -0.2) is 7.25 Å². The van der Waals surface area contributed by atoms with E-state index in [0.29, 0.717) is 10.0 Å². The Bertz CT molecular complexity index is 391. The molecule has 1 aromatic rings. The van der Waals surface area contributed by atoms with E-state index < -0.39 is 7.25 Å². The Kier molecular flexibility index (Phi) is 6.07. The number of hydrogen-bond acceptors (Lipinski definition) is 1. The highest BCUT2D eigenvalue weighted by molar-refractivity contribution is 9.10. The average molecular weight is 340 g/mol. The fraction of sp³-hybridized carbons (Fsp3) is 0. The van der Waals surface area contributed by atoms with Crippen molar-refractivity contribution in [1.82, 2.24) is 0 Å². The van der Waals surface area contributed by atoms with Gasteiger partial charge >= 0.3 is 12.9 Å². The monoisotopic (exact) mass is 338 g/mol. The van der Waals surface area contributed by atoms with Crippen molar-refractivity contribution in [2.75, 3.05) is 0 Å². The van der Waals surface area contributed by atoms with Crippen molar-refractivity contribution < 1.29 is 17.3 Å². The maximum absolute atomic E-state index is 9.75. The van der Waals surface area contributed by atoms with Gasteiger partial charge in [0.1, 0.15) is 10.0 Å². The molecular weight excluding hydrogens is 338 g/mol.